The van der Waals surface area contributed by atoms with Crippen LogP contribution >= 0.6 is 46.4 Å². The number of sulfonamides is 1. The van der Waals surface area contributed by atoms with Gasteiger partial charge in [-0.1, -0.05) is 115 Å². The summed E-state index contributed by atoms with van der Waals surface area (Å²) in [7, 11) is -4.35. The minimum atomic E-state index is -4.35. The topological polar surface area (TPSA) is 86.8 Å². The van der Waals surface area contributed by atoms with E-state index in [1.165, 1.54) is 35.2 Å². The molecule has 0 bridgehead atoms. The minimum absolute atomic E-state index is 0.00552. The van der Waals surface area contributed by atoms with E-state index >= 15 is 0 Å². The van der Waals surface area contributed by atoms with E-state index in [9.17, 15) is 18.0 Å². The van der Waals surface area contributed by atoms with Crippen LogP contribution in [0.2, 0.25) is 20.1 Å². The molecule has 46 heavy (non-hydrogen) atoms. The first-order valence-electron chi connectivity index (χ1n) is 14.4. The lowest BCUT2D eigenvalue weighted by atomic mass is 10.0. The van der Waals surface area contributed by atoms with Gasteiger partial charge in [0.05, 0.1) is 15.6 Å². The van der Waals surface area contributed by atoms with E-state index in [1.54, 1.807) is 36.4 Å². The molecule has 1 atom stereocenters. The number of amides is 2. The Bertz CT molecular complexity index is 1750. The molecule has 0 unspecified atom stereocenters. The third kappa shape index (κ3) is 8.96. The molecule has 0 radical (unpaired) electrons. The summed E-state index contributed by atoms with van der Waals surface area (Å²) in [6, 6.07) is 25.1. The fraction of sp³-hybridized carbons (Fsp3) is 0.235. The zero-order valence-corrected chi connectivity index (χ0v) is 29.0. The average molecular weight is 722 g/mol. The molecular weight excluding hydrogens is 688 g/mol. The van der Waals surface area contributed by atoms with Gasteiger partial charge >= 0.3 is 0 Å². The number of benzene rings is 4. The fourth-order valence-corrected chi connectivity index (χ4v) is 7.14. The van der Waals surface area contributed by atoms with Crippen LogP contribution in [0.5, 0.6) is 0 Å². The summed E-state index contributed by atoms with van der Waals surface area (Å²) in [4.78, 5) is 29.7. The predicted octanol–water partition coefficient (Wildman–Crippen LogP) is 7.91. The summed E-state index contributed by atoms with van der Waals surface area (Å²) in [5.41, 5.74) is 1.21. The molecule has 0 aliphatic heterocycles. The zero-order chi connectivity index (χ0) is 33.4. The van der Waals surface area contributed by atoms with E-state index in [1.807, 2.05) is 44.2 Å². The van der Waals surface area contributed by atoms with Crippen LogP contribution in [0.3, 0.4) is 0 Å². The molecule has 4 aromatic carbocycles. The van der Waals surface area contributed by atoms with Gasteiger partial charge in [-0.2, -0.15) is 0 Å². The number of hydrogen-bond acceptors (Lipinski definition) is 4. The van der Waals surface area contributed by atoms with Crippen molar-refractivity contribution in [3.05, 3.63) is 128 Å². The van der Waals surface area contributed by atoms with Crippen LogP contribution in [0.15, 0.2) is 102 Å². The van der Waals surface area contributed by atoms with Crippen LogP contribution in [0.25, 0.3) is 0 Å². The smallest absolute Gasteiger partial charge is 0.264 e. The highest BCUT2D eigenvalue weighted by Gasteiger charge is 2.36. The van der Waals surface area contributed by atoms with E-state index in [4.69, 9.17) is 46.4 Å². The number of hydrogen-bond donors (Lipinski definition) is 1. The monoisotopic (exact) mass is 719 g/mol. The molecule has 0 spiro atoms. The largest absolute Gasteiger partial charge is 0.354 e. The molecule has 4 aromatic rings. The van der Waals surface area contributed by atoms with Gasteiger partial charge in [0.25, 0.3) is 10.0 Å². The van der Waals surface area contributed by atoms with Gasteiger partial charge in [0.2, 0.25) is 11.8 Å². The first-order chi connectivity index (χ1) is 21.9. The van der Waals surface area contributed by atoms with Gasteiger partial charge < -0.3 is 10.2 Å². The highest BCUT2D eigenvalue weighted by Crippen LogP contribution is 2.34. The van der Waals surface area contributed by atoms with Crippen molar-refractivity contribution in [1.82, 2.24) is 10.2 Å². The van der Waals surface area contributed by atoms with Crippen LogP contribution in [0, 0.1) is 5.92 Å². The Labute approximate surface area is 290 Å². The SMILES string of the molecule is CC(C)CNC(=O)[C@H](Cc1ccccc1)N(Cc1c(Cl)cccc1Cl)C(=O)CN(c1cc(Cl)ccc1Cl)S(=O)(=O)c1ccccc1. The Hall–Kier alpha value is -3.27. The Morgan fingerprint density at radius 1 is 0.783 bits per heavy atom. The third-order valence-electron chi connectivity index (χ3n) is 7.13. The van der Waals surface area contributed by atoms with Crippen LogP contribution < -0.4 is 9.62 Å². The molecule has 0 heterocycles. The molecule has 0 fully saturated rings. The first-order valence-corrected chi connectivity index (χ1v) is 17.4. The van der Waals surface area contributed by atoms with Gasteiger partial charge in [-0.15, -0.1) is 0 Å². The summed E-state index contributed by atoms with van der Waals surface area (Å²) < 4.78 is 29.2. The van der Waals surface area contributed by atoms with Crippen LogP contribution in [0.4, 0.5) is 5.69 Å². The van der Waals surface area contributed by atoms with Crippen LogP contribution in [0.1, 0.15) is 25.0 Å². The normalized spacial score (nSPS) is 12.1. The Kier molecular flexibility index (Phi) is 12.4. The van der Waals surface area contributed by atoms with E-state index in [2.05, 4.69) is 5.32 Å². The number of nitrogens with one attached hydrogen (secondary N) is 1. The molecular formula is C34H33Cl4N3O4S. The number of halogens is 4. The second-order valence-electron chi connectivity index (χ2n) is 11.0. The lowest BCUT2D eigenvalue weighted by Gasteiger charge is -2.34. The maximum Gasteiger partial charge on any atom is 0.264 e. The average Bonchev–Trinajstić information content (AvgIpc) is 3.03. The van der Waals surface area contributed by atoms with Crippen molar-refractivity contribution in [2.75, 3.05) is 17.4 Å². The molecule has 2 amide bonds. The highest BCUT2D eigenvalue weighted by atomic mass is 35.5. The zero-order valence-electron chi connectivity index (χ0n) is 25.2. The van der Waals surface area contributed by atoms with Gasteiger partial charge in [-0.3, -0.25) is 13.9 Å². The molecule has 12 heteroatoms. The Morgan fingerprint density at radius 3 is 2.00 bits per heavy atom. The van der Waals surface area contributed by atoms with E-state index in [0.717, 1.165) is 9.87 Å². The van der Waals surface area contributed by atoms with Gasteiger partial charge in [0.15, 0.2) is 0 Å². The number of nitrogens with zero attached hydrogens (tertiary/aromatic N) is 2. The molecule has 0 saturated carbocycles. The van der Waals surface area contributed by atoms with Crippen LogP contribution in [-0.2, 0) is 32.6 Å². The minimum Gasteiger partial charge on any atom is -0.354 e. The van der Waals surface area contributed by atoms with Crippen molar-refractivity contribution in [2.24, 2.45) is 5.92 Å². The van der Waals surface area contributed by atoms with Crippen molar-refractivity contribution in [3.63, 3.8) is 0 Å². The standard InChI is InChI=1S/C34H33Cl4N3O4S/c1-23(2)20-39-34(43)32(18-24-10-5-3-6-11-24)40(21-27-28(36)14-9-15-29(27)37)33(42)22-41(31-19-25(35)16-17-30(31)38)46(44,45)26-12-7-4-8-13-26/h3-17,19,23,32H,18,20-22H2,1-2H3,(H,39,43)/t32-/m0/s1. The fourth-order valence-electron chi connectivity index (χ4n) is 4.74. The second kappa shape index (κ2) is 16.0. The van der Waals surface area contributed by atoms with Gasteiger partial charge in [0.1, 0.15) is 12.6 Å². The van der Waals surface area contributed by atoms with Crippen molar-refractivity contribution in [2.45, 2.75) is 37.8 Å². The van der Waals surface area contributed by atoms with Crippen LogP contribution in [-0.4, -0.2) is 44.3 Å². The summed E-state index contributed by atoms with van der Waals surface area (Å²) in [5.74, 6) is -0.959. The number of carbonyl (C=O) groups is 2. The van der Waals surface area contributed by atoms with Gasteiger partial charge in [0, 0.05) is 40.1 Å². The number of carbonyl (C=O) groups excluding carboxylic acids is 2. The molecule has 0 aliphatic carbocycles. The lowest BCUT2D eigenvalue weighted by Crippen LogP contribution is -2.53. The molecule has 1 N–H and O–H groups in total. The van der Waals surface area contributed by atoms with Gasteiger partial charge in [-0.25, -0.2) is 8.42 Å². The van der Waals surface area contributed by atoms with Gasteiger partial charge in [-0.05, 0) is 53.9 Å². The Balaban J connectivity index is 1.86. The quantitative estimate of drug-likeness (QED) is 0.152. The maximum atomic E-state index is 14.6. The van der Waals surface area contributed by atoms with E-state index in [0.29, 0.717) is 12.1 Å². The lowest BCUT2D eigenvalue weighted by molar-refractivity contribution is -0.140. The molecule has 0 saturated heterocycles. The number of anilines is 1. The van der Waals surface area contributed by atoms with Crippen molar-refractivity contribution < 1.29 is 18.0 Å². The van der Waals surface area contributed by atoms with Crippen molar-refractivity contribution >= 4 is 73.9 Å². The summed E-state index contributed by atoms with van der Waals surface area (Å²) in [5, 5.41) is 3.80. The summed E-state index contributed by atoms with van der Waals surface area (Å²) in [6.45, 7) is 3.40. The number of rotatable bonds is 13. The highest BCUT2D eigenvalue weighted by molar-refractivity contribution is 7.92. The molecule has 0 aliphatic rings. The third-order valence-corrected chi connectivity index (χ3v) is 10.2. The Morgan fingerprint density at radius 2 is 1.39 bits per heavy atom. The van der Waals surface area contributed by atoms with E-state index in [-0.39, 0.29) is 49.6 Å². The molecule has 0 aromatic heterocycles. The summed E-state index contributed by atoms with van der Waals surface area (Å²) in [6.07, 6.45) is 0.141. The predicted molar refractivity (Wildman–Crippen MR) is 186 cm³/mol. The molecule has 7 nitrogen and oxygen atoms in total. The first kappa shape index (κ1) is 35.6. The second-order valence-corrected chi connectivity index (χ2v) is 14.5. The van der Waals surface area contributed by atoms with Crippen molar-refractivity contribution in [3.8, 4) is 0 Å². The maximum absolute atomic E-state index is 14.6. The summed E-state index contributed by atoms with van der Waals surface area (Å²) >= 11 is 25.9. The molecule has 242 valence electrons. The molecule has 4 rings (SSSR count). The van der Waals surface area contributed by atoms with Crippen molar-refractivity contribution in [1.29, 1.82) is 0 Å². The van der Waals surface area contributed by atoms with E-state index < -0.39 is 34.4 Å².